The molecule has 0 spiro atoms. The first kappa shape index (κ1) is 14.2. The van der Waals surface area contributed by atoms with Crippen LogP contribution in [-0.4, -0.2) is 44.1 Å². The molecule has 102 valence electrons. The molecule has 1 aromatic rings. The highest BCUT2D eigenvalue weighted by molar-refractivity contribution is 6.50. The molecule has 0 radical (unpaired) electrons. The highest BCUT2D eigenvalue weighted by atomic mass is 16.6. The summed E-state index contributed by atoms with van der Waals surface area (Å²) in [5, 5.41) is 0. The zero-order valence-corrected chi connectivity index (χ0v) is 11.2. The highest BCUT2D eigenvalue weighted by Crippen LogP contribution is 2.04. The van der Waals surface area contributed by atoms with Crippen LogP contribution in [0.3, 0.4) is 0 Å². The van der Waals surface area contributed by atoms with Gasteiger partial charge in [0.15, 0.2) is 0 Å². The summed E-state index contributed by atoms with van der Waals surface area (Å²) in [5.41, 5.74) is 0.857. The van der Waals surface area contributed by atoms with E-state index in [0.717, 1.165) is 5.56 Å². The lowest BCUT2D eigenvalue weighted by molar-refractivity contribution is -0.145. The molecule has 1 aliphatic rings. The van der Waals surface area contributed by atoms with E-state index in [0.29, 0.717) is 0 Å². The molecule has 1 aromatic carbocycles. The first-order chi connectivity index (χ1) is 9.63. The third-order valence-electron chi connectivity index (χ3n) is 2.60. The van der Waals surface area contributed by atoms with Gasteiger partial charge in [-0.3, -0.25) is 14.5 Å². The Bertz CT molecular complexity index is 529. The number of rotatable bonds is 1. The van der Waals surface area contributed by atoms with Gasteiger partial charge in [0.05, 0.1) is 19.4 Å². The Kier molecular flexibility index (Phi) is 4.80. The maximum absolute atomic E-state index is 11.5. The van der Waals surface area contributed by atoms with Crippen molar-refractivity contribution in [1.29, 1.82) is 0 Å². The second-order valence-electron chi connectivity index (χ2n) is 4.45. The second kappa shape index (κ2) is 6.78. The summed E-state index contributed by atoms with van der Waals surface area (Å²) in [6.45, 7) is 0.134. The standard InChI is InChI=1S/C14H14BNO4/c1-16-10-13(17)19-15(20-14(18)11-16)9-5-8-12-6-3-2-4-7-12/h2-4,6-7H,9-11H2,1H3. The normalized spacial score (nSPS) is 16.4. The Morgan fingerprint density at radius 2 is 1.75 bits per heavy atom. The Morgan fingerprint density at radius 1 is 1.15 bits per heavy atom. The topological polar surface area (TPSA) is 55.8 Å². The van der Waals surface area contributed by atoms with Gasteiger partial charge in [0, 0.05) is 5.56 Å². The van der Waals surface area contributed by atoms with Crippen molar-refractivity contribution in [3.63, 3.8) is 0 Å². The summed E-state index contributed by atoms with van der Waals surface area (Å²) in [5.74, 6) is 4.93. The van der Waals surface area contributed by atoms with Crippen molar-refractivity contribution < 1.29 is 18.9 Å². The van der Waals surface area contributed by atoms with Crippen molar-refractivity contribution in [3.8, 4) is 11.8 Å². The Morgan fingerprint density at radius 3 is 2.35 bits per heavy atom. The van der Waals surface area contributed by atoms with Gasteiger partial charge in [0.25, 0.3) is 0 Å². The van der Waals surface area contributed by atoms with Crippen LogP contribution in [0.15, 0.2) is 30.3 Å². The number of carbonyl (C=O) groups is 2. The summed E-state index contributed by atoms with van der Waals surface area (Å²) in [4.78, 5) is 24.5. The Hall–Kier alpha value is -2.26. The van der Waals surface area contributed by atoms with Crippen molar-refractivity contribution >= 4 is 19.1 Å². The van der Waals surface area contributed by atoms with E-state index in [-0.39, 0.29) is 19.4 Å². The molecule has 0 amide bonds. The quantitative estimate of drug-likeness (QED) is 0.551. The van der Waals surface area contributed by atoms with Crippen LogP contribution >= 0.6 is 0 Å². The van der Waals surface area contributed by atoms with Gasteiger partial charge in [-0.2, -0.15) is 0 Å². The number of likely N-dealkylation sites (N-methyl/N-ethyl adjacent to an activating group) is 1. The lowest BCUT2D eigenvalue weighted by Crippen LogP contribution is -2.42. The second-order valence-corrected chi connectivity index (χ2v) is 4.45. The van der Waals surface area contributed by atoms with Crippen molar-refractivity contribution in [1.82, 2.24) is 4.90 Å². The third-order valence-corrected chi connectivity index (χ3v) is 2.60. The average molecular weight is 271 g/mol. The molecule has 0 aromatic heterocycles. The van der Waals surface area contributed by atoms with E-state index in [1.807, 2.05) is 30.3 Å². The molecule has 0 N–H and O–H groups in total. The Balaban J connectivity index is 1.96. The van der Waals surface area contributed by atoms with Crippen LogP contribution in [0.2, 0.25) is 6.32 Å². The molecule has 0 saturated carbocycles. The van der Waals surface area contributed by atoms with Crippen LogP contribution in [0.1, 0.15) is 5.56 Å². The van der Waals surface area contributed by atoms with Crippen LogP contribution in [0.4, 0.5) is 0 Å². The van der Waals surface area contributed by atoms with Gasteiger partial charge >= 0.3 is 19.1 Å². The Labute approximate surface area is 118 Å². The lowest BCUT2D eigenvalue weighted by Gasteiger charge is -2.21. The van der Waals surface area contributed by atoms with Crippen molar-refractivity contribution in [2.45, 2.75) is 6.32 Å². The smallest absolute Gasteiger partial charge is 0.498 e. The summed E-state index contributed by atoms with van der Waals surface area (Å²) in [6, 6.07) is 9.42. The van der Waals surface area contributed by atoms with Gasteiger partial charge in [0.2, 0.25) is 0 Å². The number of nitrogens with zero attached hydrogens (tertiary/aromatic N) is 1. The molecule has 0 atom stereocenters. The molecule has 5 nitrogen and oxygen atoms in total. The van der Waals surface area contributed by atoms with Crippen molar-refractivity contribution in [2.75, 3.05) is 20.1 Å². The molecule has 0 bridgehead atoms. The molecule has 20 heavy (non-hydrogen) atoms. The van der Waals surface area contributed by atoms with Crippen LogP contribution in [-0.2, 0) is 18.9 Å². The monoisotopic (exact) mass is 271 g/mol. The zero-order chi connectivity index (χ0) is 14.4. The van der Waals surface area contributed by atoms with E-state index >= 15 is 0 Å². The van der Waals surface area contributed by atoms with E-state index < -0.39 is 19.1 Å². The minimum absolute atomic E-state index is 0.0672. The molecule has 0 aliphatic carbocycles. The summed E-state index contributed by atoms with van der Waals surface area (Å²) in [7, 11) is 0.720. The molecular formula is C14H14BNO4. The summed E-state index contributed by atoms with van der Waals surface area (Å²) < 4.78 is 10.1. The maximum Gasteiger partial charge on any atom is 0.611 e. The molecule has 1 aliphatic heterocycles. The fourth-order valence-electron chi connectivity index (χ4n) is 1.73. The van der Waals surface area contributed by atoms with E-state index in [9.17, 15) is 9.59 Å². The number of carbonyl (C=O) groups excluding carboxylic acids is 2. The number of hydrogen-bond donors (Lipinski definition) is 0. The lowest BCUT2D eigenvalue weighted by atomic mass is 9.84. The maximum atomic E-state index is 11.5. The van der Waals surface area contributed by atoms with E-state index in [1.54, 1.807) is 7.05 Å². The van der Waals surface area contributed by atoms with E-state index in [2.05, 4.69) is 11.8 Å². The van der Waals surface area contributed by atoms with Gasteiger partial charge in [-0.25, -0.2) is 0 Å². The largest absolute Gasteiger partial charge is 0.611 e. The molecule has 1 saturated heterocycles. The predicted octanol–water partition coefficient (Wildman–Crippen LogP) is 0.558. The van der Waals surface area contributed by atoms with Crippen LogP contribution in [0.5, 0.6) is 0 Å². The molecule has 2 rings (SSSR count). The van der Waals surface area contributed by atoms with Crippen LogP contribution < -0.4 is 0 Å². The zero-order valence-electron chi connectivity index (χ0n) is 11.2. The predicted molar refractivity (Wildman–Crippen MR) is 73.6 cm³/mol. The first-order valence-corrected chi connectivity index (χ1v) is 6.25. The van der Waals surface area contributed by atoms with Crippen LogP contribution in [0, 0.1) is 11.8 Å². The first-order valence-electron chi connectivity index (χ1n) is 6.25. The number of benzene rings is 1. The fourth-order valence-corrected chi connectivity index (χ4v) is 1.73. The number of hydrogen-bond acceptors (Lipinski definition) is 5. The van der Waals surface area contributed by atoms with Crippen LogP contribution in [0.25, 0.3) is 0 Å². The molecule has 0 unspecified atom stereocenters. The van der Waals surface area contributed by atoms with Crippen molar-refractivity contribution in [2.24, 2.45) is 0 Å². The van der Waals surface area contributed by atoms with E-state index in [4.69, 9.17) is 9.31 Å². The SMILES string of the molecule is CN1CC(=O)OB(CC#Cc2ccccc2)OC(=O)C1. The average Bonchev–Trinajstić information content (AvgIpc) is 2.37. The third kappa shape index (κ3) is 4.45. The summed E-state index contributed by atoms with van der Waals surface area (Å²) >= 11 is 0. The fraction of sp³-hybridized carbons (Fsp3) is 0.286. The summed E-state index contributed by atoms with van der Waals surface area (Å²) in [6.07, 6.45) is 0.163. The van der Waals surface area contributed by atoms with E-state index in [1.165, 1.54) is 4.90 Å². The minimum atomic E-state index is -0.931. The van der Waals surface area contributed by atoms with Crippen molar-refractivity contribution in [3.05, 3.63) is 35.9 Å². The van der Waals surface area contributed by atoms with Gasteiger partial charge in [-0.1, -0.05) is 30.0 Å². The van der Waals surface area contributed by atoms with Gasteiger partial charge in [-0.05, 0) is 19.2 Å². The van der Waals surface area contributed by atoms with Gasteiger partial charge < -0.3 is 9.31 Å². The van der Waals surface area contributed by atoms with Gasteiger partial charge in [-0.15, -0.1) is 0 Å². The van der Waals surface area contributed by atoms with Gasteiger partial charge in [0.1, 0.15) is 0 Å². The molecule has 1 heterocycles. The molecule has 1 fully saturated rings. The molecular weight excluding hydrogens is 257 g/mol. The highest BCUT2D eigenvalue weighted by Gasteiger charge is 2.30. The minimum Gasteiger partial charge on any atom is -0.498 e. The molecule has 6 heteroatoms.